The molecule has 2 aliphatic carbocycles. The zero-order valence-electron chi connectivity index (χ0n) is 21.7. The number of alkyl carbamates (subject to hydrolysis) is 1. The zero-order chi connectivity index (χ0) is 26.3. The van der Waals surface area contributed by atoms with E-state index in [1.54, 1.807) is 20.8 Å². The molecule has 3 fully saturated rings. The number of carbonyl (C=O) groups excluding carboxylic acids is 5. The third kappa shape index (κ3) is 6.13. The summed E-state index contributed by atoms with van der Waals surface area (Å²) in [4.78, 5) is 64.9. The van der Waals surface area contributed by atoms with Gasteiger partial charge < -0.3 is 26.0 Å². The first-order valence-electron chi connectivity index (χ1n) is 12.6. The monoisotopic (exact) mass is 492 g/mol. The van der Waals surface area contributed by atoms with Crippen molar-refractivity contribution >= 4 is 29.6 Å². The number of ether oxygens (including phenoxy) is 1. The van der Waals surface area contributed by atoms with Crippen molar-refractivity contribution in [3.63, 3.8) is 0 Å². The van der Waals surface area contributed by atoms with Gasteiger partial charge in [0.1, 0.15) is 17.7 Å². The lowest BCUT2D eigenvalue weighted by Gasteiger charge is -2.34. The number of piperidine rings is 1. The van der Waals surface area contributed by atoms with Crippen LogP contribution in [0.5, 0.6) is 0 Å². The maximum atomic E-state index is 13.7. The minimum Gasteiger partial charge on any atom is -0.444 e. The van der Waals surface area contributed by atoms with Crippen LogP contribution in [0.1, 0.15) is 73.6 Å². The molecule has 4 unspecified atom stereocenters. The number of nitrogens with zero attached hydrogens (tertiary/aromatic N) is 1. The Labute approximate surface area is 207 Å². The van der Waals surface area contributed by atoms with Crippen LogP contribution in [0, 0.1) is 23.2 Å². The van der Waals surface area contributed by atoms with E-state index < -0.39 is 47.4 Å². The molecule has 3 rings (SSSR count). The molecule has 1 heterocycles. The van der Waals surface area contributed by atoms with Gasteiger partial charge in [-0.3, -0.25) is 19.2 Å². The number of nitrogens with two attached hydrogens (primary N) is 1. The van der Waals surface area contributed by atoms with Crippen molar-refractivity contribution in [3.8, 4) is 0 Å². The van der Waals surface area contributed by atoms with Gasteiger partial charge in [-0.05, 0) is 56.8 Å². The van der Waals surface area contributed by atoms with Crippen molar-refractivity contribution < 1.29 is 28.7 Å². The predicted molar refractivity (Wildman–Crippen MR) is 128 cm³/mol. The van der Waals surface area contributed by atoms with Crippen LogP contribution in [-0.4, -0.2) is 64.8 Å². The lowest BCUT2D eigenvalue weighted by molar-refractivity contribution is -0.143. The molecule has 0 radical (unpaired) electrons. The number of ketones is 1. The van der Waals surface area contributed by atoms with Crippen molar-refractivity contribution in [2.45, 2.75) is 97.4 Å². The highest BCUT2D eigenvalue weighted by molar-refractivity contribution is 6.37. The summed E-state index contributed by atoms with van der Waals surface area (Å²) >= 11 is 0. The van der Waals surface area contributed by atoms with E-state index in [1.807, 2.05) is 6.92 Å². The van der Waals surface area contributed by atoms with Crippen LogP contribution >= 0.6 is 0 Å². The number of nitrogens with one attached hydrogen (secondary N) is 2. The molecule has 4 amide bonds. The Morgan fingerprint density at radius 2 is 1.71 bits per heavy atom. The topological polar surface area (TPSA) is 148 Å². The normalized spacial score (nSPS) is 26.2. The molecular formula is C25H40N4O6. The minimum absolute atomic E-state index is 0.0690. The highest BCUT2D eigenvalue weighted by atomic mass is 16.6. The van der Waals surface area contributed by atoms with Gasteiger partial charge in [0.2, 0.25) is 17.6 Å². The third-order valence-corrected chi connectivity index (χ3v) is 7.47. The fourth-order valence-electron chi connectivity index (χ4n) is 5.36. The Morgan fingerprint density at radius 3 is 2.23 bits per heavy atom. The standard InChI is InChI=1S/C25H40N4O6/c1-7-8-15(19(30)20(26)31)27-21(32)18-17-14(25(17,5)6)12-29(18)22(33)16(11-13-9-10-13)28-23(34)35-24(2,3)4/h13-18H,7-12H2,1-6H3,(H2,26,31)(H,27,32)(H,28,34)/t14?,15?,16?,17?,18-/m0/s1. The van der Waals surface area contributed by atoms with E-state index in [0.717, 1.165) is 12.8 Å². The summed E-state index contributed by atoms with van der Waals surface area (Å²) < 4.78 is 5.37. The van der Waals surface area contributed by atoms with E-state index in [0.29, 0.717) is 25.3 Å². The number of hydrogen-bond acceptors (Lipinski definition) is 6. The van der Waals surface area contributed by atoms with Gasteiger partial charge >= 0.3 is 6.09 Å². The summed E-state index contributed by atoms with van der Waals surface area (Å²) in [7, 11) is 0. The molecule has 4 N–H and O–H groups in total. The average Bonchev–Trinajstić information content (AvgIpc) is 3.57. The second-order valence-electron chi connectivity index (χ2n) is 11.8. The van der Waals surface area contributed by atoms with E-state index in [4.69, 9.17) is 10.5 Å². The number of fused-ring (bicyclic) bond motifs is 1. The van der Waals surface area contributed by atoms with E-state index in [2.05, 4.69) is 24.5 Å². The first-order chi connectivity index (χ1) is 16.2. The Balaban J connectivity index is 1.79. The highest BCUT2D eigenvalue weighted by Gasteiger charge is 2.69. The van der Waals surface area contributed by atoms with Crippen molar-refractivity contribution in [2.24, 2.45) is 28.9 Å². The maximum Gasteiger partial charge on any atom is 0.408 e. The van der Waals surface area contributed by atoms with Gasteiger partial charge in [-0.1, -0.05) is 40.0 Å². The lowest BCUT2D eigenvalue weighted by atomic mass is 9.98. The molecule has 2 saturated carbocycles. The average molecular weight is 493 g/mol. The van der Waals surface area contributed by atoms with E-state index in [9.17, 15) is 24.0 Å². The minimum atomic E-state index is -1.10. The Morgan fingerprint density at radius 1 is 1.09 bits per heavy atom. The number of carbonyl (C=O) groups is 5. The van der Waals surface area contributed by atoms with Crippen LogP contribution in [0.25, 0.3) is 0 Å². The van der Waals surface area contributed by atoms with Gasteiger partial charge in [-0.25, -0.2) is 4.79 Å². The second kappa shape index (κ2) is 9.78. The number of Topliss-reactive ketones (excluding diaryl/α,β-unsaturated/α-hetero) is 1. The molecule has 10 heteroatoms. The molecule has 1 saturated heterocycles. The molecule has 5 atom stereocenters. The summed E-state index contributed by atoms with van der Waals surface area (Å²) in [5.74, 6) is -2.31. The number of likely N-dealkylation sites (tertiary alicyclic amines) is 1. The third-order valence-electron chi connectivity index (χ3n) is 7.47. The van der Waals surface area contributed by atoms with E-state index >= 15 is 0 Å². The molecule has 0 spiro atoms. The van der Waals surface area contributed by atoms with Crippen LogP contribution in [0.15, 0.2) is 0 Å². The number of amides is 4. The van der Waals surface area contributed by atoms with Crippen LogP contribution in [0.2, 0.25) is 0 Å². The Kier molecular flexibility index (Phi) is 7.53. The molecule has 0 bridgehead atoms. The second-order valence-corrected chi connectivity index (χ2v) is 11.8. The van der Waals surface area contributed by atoms with Crippen molar-refractivity contribution in [2.75, 3.05) is 6.54 Å². The predicted octanol–water partition coefficient (Wildman–Crippen LogP) is 1.50. The summed E-state index contributed by atoms with van der Waals surface area (Å²) in [6, 6.07) is -2.61. The fourth-order valence-corrected chi connectivity index (χ4v) is 5.36. The summed E-state index contributed by atoms with van der Waals surface area (Å²) in [5, 5.41) is 5.42. The first kappa shape index (κ1) is 26.9. The summed E-state index contributed by atoms with van der Waals surface area (Å²) in [6.45, 7) is 11.6. The van der Waals surface area contributed by atoms with E-state index in [-0.39, 0.29) is 29.6 Å². The van der Waals surface area contributed by atoms with Gasteiger partial charge in [0.25, 0.3) is 5.91 Å². The molecular weight excluding hydrogens is 452 g/mol. The van der Waals surface area contributed by atoms with Crippen molar-refractivity contribution in [1.29, 1.82) is 0 Å². The van der Waals surface area contributed by atoms with Crippen molar-refractivity contribution in [3.05, 3.63) is 0 Å². The molecule has 0 aromatic heterocycles. The number of hydrogen-bond donors (Lipinski definition) is 3. The summed E-state index contributed by atoms with van der Waals surface area (Å²) in [5.41, 5.74) is 4.34. The van der Waals surface area contributed by atoms with Crippen LogP contribution in [0.4, 0.5) is 4.79 Å². The molecule has 3 aliphatic rings. The van der Waals surface area contributed by atoms with Gasteiger partial charge in [0.05, 0.1) is 6.04 Å². The first-order valence-corrected chi connectivity index (χ1v) is 12.6. The number of rotatable bonds is 10. The molecule has 1 aliphatic heterocycles. The van der Waals surface area contributed by atoms with Gasteiger partial charge in [-0.2, -0.15) is 0 Å². The Hall–Kier alpha value is -2.65. The smallest absolute Gasteiger partial charge is 0.408 e. The highest BCUT2D eigenvalue weighted by Crippen LogP contribution is 2.65. The van der Waals surface area contributed by atoms with Gasteiger partial charge in [0, 0.05) is 6.54 Å². The largest absolute Gasteiger partial charge is 0.444 e. The Bertz CT molecular complexity index is 891. The van der Waals surface area contributed by atoms with Crippen LogP contribution < -0.4 is 16.4 Å². The molecule has 10 nitrogen and oxygen atoms in total. The van der Waals surface area contributed by atoms with E-state index in [1.165, 1.54) is 4.90 Å². The quantitative estimate of drug-likeness (QED) is 0.394. The zero-order valence-corrected chi connectivity index (χ0v) is 21.7. The van der Waals surface area contributed by atoms with Crippen LogP contribution in [-0.2, 0) is 23.9 Å². The summed E-state index contributed by atoms with van der Waals surface area (Å²) in [6.07, 6.45) is 2.65. The van der Waals surface area contributed by atoms with Gasteiger partial charge in [-0.15, -0.1) is 0 Å². The molecule has 0 aromatic carbocycles. The SMILES string of the molecule is CCCC(NC(=O)[C@@H]1C2C(CN1C(=O)C(CC1CC1)NC(=O)OC(C)(C)C)C2(C)C)C(=O)C(N)=O. The lowest BCUT2D eigenvalue weighted by Crippen LogP contribution is -2.58. The van der Waals surface area contributed by atoms with Crippen molar-refractivity contribution in [1.82, 2.24) is 15.5 Å². The maximum absolute atomic E-state index is 13.7. The molecule has 35 heavy (non-hydrogen) atoms. The fraction of sp³-hybridized carbons (Fsp3) is 0.800. The number of primary amides is 1. The van der Waals surface area contributed by atoms with Crippen LogP contribution in [0.3, 0.4) is 0 Å². The van der Waals surface area contributed by atoms with Gasteiger partial charge in [0.15, 0.2) is 0 Å². The molecule has 196 valence electrons. The molecule has 0 aromatic rings.